The Kier molecular flexibility index (Phi) is 4.90. The molecule has 0 aliphatic heterocycles. The van der Waals surface area contributed by atoms with E-state index in [1.807, 2.05) is 0 Å². The van der Waals surface area contributed by atoms with E-state index in [0.29, 0.717) is 5.56 Å². The lowest BCUT2D eigenvalue weighted by atomic mass is 10.0. The lowest BCUT2D eigenvalue weighted by Gasteiger charge is -2.05. The van der Waals surface area contributed by atoms with Gasteiger partial charge in [-0.15, -0.1) is 11.8 Å². The van der Waals surface area contributed by atoms with Crippen LogP contribution < -0.4 is 0 Å². The number of hydrogen-bond acceptors (Lipinski definition) is 5. The molecule has 2 aromatic rings. The van der Waals surface area contributed by atoms with Crippen molar-refractivity contribution in [2.75, 3.05) is 5.75 Å². The van der Waals surface area contributed by atoms with Crippen LogP contribution in [0.15, 0.2) is 53.4 Å². The maximum atomic E-state index is 12.3. The highest BCUT2D eigenvalue weighted by Gasteiger charge is 2.19. The second kappa shape index (κ2) is 6.86. The van der Waals surface area contributed by atoms with Crippen LogP contribution in [0, 0.1) is 10.1 Å². The Hall–Kier alpha value is -2.67. The molecular formula is C15H11NO5S. The van der Waals surface area contributed by atoms with Crippen LogP contribution in [0.1, 0.15) is 15.9 Å². The van der Waals surface area contributed by atoms with Crippen LogP contribution in [0.3, 0.4) is 0 Å². The van der Waals surface area contributed by atoms with E-state index in [2.05, 4.69) is 0 Å². The molecule has 0 bridgehead atoms. The summed E-state index contributed by atoms with van der Waals surface area (Å²) in [4.78, 5) is 33.6. The summed E-state index contributed by atoms with van der Waals surface area (Å²) in [6.45, 7) is 0. The normalized spacial score (nSPS) is 10.2. The average molecular weight is 317 g/mol. The number of aliphatic carboxylic acids is 1. The molecule has 0 atom stereocenters. The molecule has 7 heteroatoms. The highest BCUT2D eigenvalue weighted by Crippen LogP contribution is 2.30. The summed E-state index contributed by atoms with van der Waals surface area (Å²) < 4.78 is 0. The van der Waals surface area contributed by atoms with Crippen molar-refractivity contribution in [2.24, 2.45) is 0 Å². The van der Waals surface area contributed by atoms with Crippen LogP contribution in [-0.4, -0.2) is 27.5 Å². The Morgan fingerprint density at radius 2 is 1.77 bits per heavy atom. The Bertz CT molecular complexity index is 730. The molecule has 0 heterocycles. The highest BCUT2D eigenvalue weighted by molar-refractivity contribution is 8.00. The molecule has 6 nitrogen and oxygen atoms in total. The van der Waals surface area contributed by atoms with Crippen molar-refractivity contribution >= 4 is 29.2 Å². The number of benzene rings is 2. The fraction of sp³-hybridized carbons (Fsp3) is 0.0667. The summed E-state index contributed by atoms with van der Waals surface area (Å²) in [5, 5.41) is 19.8. The minimum Gasteiger partial charge on any atom is -0.481 e. The fourth-order valence-corrected chi connectivity index (χ4v) is 2.54. The van der Waals surface area contributed by atoms with E-state index in [9.17, 15) is 19.7 Å². The Balaban J connectivity index is 2.35. The Morgan fingerprint density at radius 1 is 1.09 bits per heavy atom. The van der Waals surface area contributed by atoms with Gasteiger partial charge in [-0.2, -0.15) is 0 Å². The van der Waals surface area contributed by atoms with Gasteiger partial charge < -0.3 is 5.11 Å². The van der Waals surface area contributed by atoms with Crippen molar-refractivity contribution in [3.63, 3.8) is 0 Å². The molecular weight excluding hydrogens is 306 g/mol. The minimum absolute atomic E-state index is 0.192. The summed E-state index contributed by atoms with van der Waals surface area (Å²) in [5.41, 5.74) is 0.355. The van der Waals surface area contributed by atoms with Crippen LogP contribution in [-0.2, 0) is 4.79 Å². The zero-order chi connectivity index (χ0) is 16.1. The molecule has 0 fully saturated rings. The first-order valence-corrected chi connectivity index (χ1v) is 7.20. The molecule has 0 aliphatic carbocycles. The molecule has 0 unspecified atom stereocenters. The summed E-state index contributed by atoms with van der Waals surface area (Å²) in [5.74, 6) is -1.67. The van der Waals surface area contributed by atoms with Crippen LogP contribution >= 0.6 is 11.8 Å². The zero-order valence-corrected chi connectivity index (χ0v) is 12.1. The maximum Gasteiger partial charge on any atom is 0.313 e. The van der Waals surface area contributed by atoms with Gasteiger partial charge in [0, 0.05) is 17.2 Å². The van der Waals surface area contributed by atoms with Crippen molar-refractivity contribution < 1.29 is 19.6 Å². The number of carbonyl (C=O) groups excluding carboxylic acids is 1. The summed E-state index contributed by atoms with van der Waals surface area (Å²) in [6, 6.07) is 12.5. The van der Waals surface area contributed by atoms with Gasteiger partial charge in [0.15, 0.2) is 5.78 Å². The molecule has 0 saturated heterocycles. The average Bonchev–Trinajstić information content (AvgIpc) is 2.52. The second-order valence-electron chi connectivity index (χ2n) is 4.32. The highest BCUT2D eigenvalue weighted by atomic mass is 32.2. The molecule has 0 amide bonds. The molecule has 112 valence electrons. The third-order valence-corrected chi connectivity index (χ3v) is 3.85. The third-order valence-electron chi connectivity index (χ3n) is 2.80. The first kappa shape index (κ1) is 15.7. The number of ketones is 1. The monoisotopic (exact) mass is 317 g/mol. The van der Waals surface area contributed by atoms with E-state index < -0.39 is 10.9 Å². The van der Waals surface area contributed by atoms with Gasteiger partial charge in [-0.05, 0) is 12.1 Å². The quantitative estimate of drug-likeness (QED) is 0.381. The van der Waals surface area contributed by atoms with Gasteiger partial charge in [0.05, 0.1) is 15.6 Å². The molecule has 22 heavy (non-hydrogen) atoms. The first-order valence-electron chi connectivity index (χ1n) is 6.22. The van der Waals surface area contributed by atoms with Gasteiger partial charge in [-0.1, -0.05) is 30.3 Å². The predicted octanol–water partition coefficient (Wildman–Crippen LogP) is 3.00. The molecule has 0 aliphatic rings. The predicted molar refractivity (Wildman–Crippen MR) is 81.3 cm³/mol. The topological polar surface area (TPSA) is 97.5 Å². The lowest BCUT2D eigenvalue weighted by Crippen LogP contribution is -2.03. The summed E-state index contributed by atoms with van der Waals surface area (Å²) >= 11 is 0.847. The number of thioether (sulfide) groups is 1. The van der Waals surface area contributed by atoms with E-state index in [4.69, 9.17) is 5.11 Å². The fourth-order valence-electron chi connectivity index (χ4n) is 1.82. The van der Waals surface area contributed by atoms with Gasteiger partial charge in [-0.25, -0.2) is 0 Å². The number of nitro benzene ring substituents is 1. The SMILES string of the molecule is O=C(O)CSc1ccc(C(=O)c2ccccc2)cc1[N+](=O)[O-]. The smallest absolute Gasteiger partial charge is 0.313 e. The molecule has 0 saturated carbocycles. The van der Waals surface area contributed by atoms with E-state index >= 15 is 0 Å². The Labute approximate surface area is 129 Å². The molecule has 1 N–H and O–H groups in total. The van der Waals surface area contributed by atoms with Crippen molar-refractivity contribution in [2.45, 2.75) is 4.90 Å². The van der Waals surface area contributed by atoms with Gasteiger partial charge in [0.25, 0.3) is 5.69 Å². The number of nitrogens with zero attached hydrogens (tertiary/aromatic N) is 1. The second-order valence-corrected chi connectivity index (χ2v) is 5.33. The van der Waals surface area contributed by atoms with Crippen LogP contribution in [0.4, 0.5) is 5.69 Å². The molecule has 0 spiro atoms. The number of rotatable bonds is 6. The number of nitro groups is 1. The number of carboxylic acid groups (broad SMARTS) is 1. The van der Waals surface area contributed by atoms with Gasteiger partial charge in [-0.3, -0.25) is 19.7 Å². The molecule has 2 aromatic carbocycles. The zero-order valence-electron chi connectivity index (χ0n) is 11.3. The molecule has 0 radical (unpaired) electrons. The Morgan fingerprint density at radius 3 is 2.36 bits per heavy atom. The minimum atomic E-state index is -1.07. The van der Waals surface area contributed by atoms with E-state index in [1.54, 1.807) is 30.3 Å². The molecule has 2 rings (SSSR count). The summed E-state index contributed by atoms with van der Waals surface area (Å²) in [7, 11) is 0. The standard InChI is InChI=1S/C15H11NO5S/c17-14(18)9-22-13-7-6-11(8-12(13)16(20)21)15(19)10-4-2-1-3-5-10/h1-8H,9H2,(H,17,18). The first-order chi connectivity index (χ1) is 10.5. The van der Waals surface area contributed by atoms with Gasteiger partial charge in [0.1, 0.15) is 0 Å². The lowest BCUT2D eigenvalue weighted by molar-refractivity contribution is -0.387. The largest absolute Gasteiger partial charge is 0.481 e. The number of carboxylic acids is 1. The van der Waals surface area contributed by atoms with Gasteiger partial charge in [0.2, 0.25) is 0 Å². The van der Waals surface area contributed by atoms with Crippen LogP contribution in [0.25, 0.3) is 0 Å². The molecule has 0 aromatic heterocycles. The van der Waals surface area contributed by atoms with E-state index in [0.717, 1.165) is 11.8 Å². The van der Waals surface area contributed by atoms with Crippen molar-refractivity contribution in [1.82, 2.24) is 0 Å². The van der Waals surface area contributed by atoms with E-state index in [-0.39, 0.29) is 27.7 Å². The van der Waals surface area contributed by atoms with Crippen molar-refractivity contribution in [3.05, 3.63) is 69.8 Å². The van der Waals surface area contributed by atoms with E-state index in [1.165, 1.54) is 18.2 Å². The van der Waals surface area contributed by atoms with Crippen molar-refractivity contribution in [3.8, 4) is 0 Å². The van der Waals surface area contributed by atoms with Crippen LogP contribution in [0.5, 0.6) is 0 Å². The number of carbonyl (C=O) groups is 2. The third kappa shape index (κ3) is 3.70. The van der Waals surface area contributed by atoms with Crippen LogP contribution in [0.2, 0.25) is 0 Å². The maximum absolute atomic E-state index is 12.3. The number of hydrogen-bond donors (Lipinski definition) is 1. The van der Waals surface area contributed by atoms with Crippen molar-refractivity contribution in [1.29, 1.82) is 0 Å². The summed E-state index contributed by atoms with van der Waals surface area (Å²) in [6.07, 6.45) is 0. The van der Waals surface area contributed by atoms with Gasteiger partial charge >= 0.3 is 5.97 Å².